The molecule has 1 fully saturated rings. The highest BCUT2D eigenvalue weighted by molar-refractivity contribution is 5.94. The second kappa shape index (κ2) is 9.78. The first kappa shape index (κ1) is 21.8. The molecule has 4 rings (SSSR count). The fourth-order valence-corrected chi connectivity index (χ4v) is 4.16. The SMILES string of the molecule is CCN1CCCC1CNC(=O)c1ccc(Nc2ncc(/C(C)=C/NC)n3ncnc23)cc1. The first-order valence-corrected chi connectivity index (χ1v) is 11.0. The summed E-state index contributed by atoms with van der Waals surface area (Å²) in [5.74, 6) is 0.551. The number of nitrogens with one attached hydrogen (secondary N) is 3. The first-order valence-electron chi connectivity index (χ1n) is 11.0. The lowest BCUT2D eigenvalue weighted by molar-refractivity contribution is 0.0941. The fourth-order valence-electron chi connectivity index (χ4n) is 4.16. The number of fused-ring (bicyclic) bond motifs is 1. The van der Waals surface area contributed by atoms with E-state index in [0.29, 0.717) is 29.6 Å². The molecule has 3 aromatic rings. The third kappa shape index (κ3) is 4.57. The van der Waals surface area contributed by atoms with Crippen molar-refractivity contribution >= 4 is 28.6 Å². The van der Waals surface area contributed by atoms with Crippen LogP contribution >= 0.6 is 0 Å². The maximum absolute atomic E-state index is 12.6. The van der Waals surface area contributed by atoms with Crippen LogP contribution in [0.25, 0.3) is 11.2 Å². The molecule has 1 aromatic carbocycles. The number of anilines is 2. The van der Waals surface area contributed by atoms with Crippen LogP contribution in [-0.2, 0) is 0 Å². The molecule has 0 saturated carbocycles. The zero-order chi connectivity index (χ0) is 22.5. The molecule has 1 saturated heterocycles. The molecule has 3 N–H and O–H groups in total. The number of benzene rings is 1. The smallest absolute Gasteiger partial charge is 0.251 e. The second-order valence-corrected chi connectivity index (χ2v) is 7.94. The van der Waals surface area contributed by atoms with Gasteiger partial charge in [0.15, 0.2) is 11.5 Å². The van der Waals surface area contributed by atoms with E-state index >= 15 is 0 Å². The number of rotatable bonds is 8. The molecule has 0 radical (unpaired) electrons. The zero-order valence-corrected chi connectivity index (χ0v) is 18.8. The molecule has 1 amide bonds. The first-order chi connectivity index (χ1) is 15.6. The van der Waals surface area contributed by atoms with Crippen LogP contribution in [0.4, 0.5) is 11.5 Å². The predicted octanol–water partition coefficient (Wildman–Crippen LogP) is 2.66. The molecule has 2 aromatic heterocycles. The summed E-state index contributed by atoms with van der Waals surface area (Å²) in [5, 5.41) is 13.7. The summed E-state index contributed by atoms with van der Waals surface area (Å²) in [6.07, 6.45) is 7.51. The molecule has 0 bridgehead atoms. The van der Waals surface area contributed by atoms with Gasteiger partial charge >= 0.3 is 0 Å². The minimum Gasteiger partial charge on any atom is -0.394 e. The second-order valence-electron chi connectivity index (χ2n) is 7.94. The number of aromatic nitrogens is 4. The molecule has 1 atom stereocenters. The van der Waals surface area contributed by atoms with Crippen molar-refractivity contribution in [3.8, 4) is 0 Å². The van der Waals surface area contributed by atoms with Crippen LogP contribution in [0.1, 0.15) is 42.7 Å². The summed E-state index contributed by atoms with van der Waals surface area (Å²) < 4.78 is 1.75. The number of likely N-dealkylation sites (N-methyl/N-ethyl adjacent to an activating group) is 1. The quantitative estimate of drug-likeness (QED) is 0.501. The molecular formula is C23H30N8O. The average Bonchev–Trinajstić information content (AvgIpc) is 3.48. The van der Waals surface area contributed by atoms with Crippen molar-refractivity contribution in [1.29, 1.82) is 0 Å². The molecule has 3 heterocycles. The summed E-state index contributed by atoms with van der Waals surface area (Å²) in [7, 11) is 1.85. The Kier molecular flexibility index (Phi) is 6.65. The number of allylic oxidation sites excluding steroid dienone is 1. The van der Waals surface area contributed by atoms with Gasteiger partial charge in [0.25, 0.3) is 5.91 Å². The van der Waals surface area contributed by atoms with Gasteiger partial charge in [0, 0.05) is 37.1 Å². The number of likely N-dealkylation sites (tertiary alicyclic amines) is 1. The van der Waals surface area contributed by atoms with Gasteiger partial charge < -0.3 is 16.0 Å². The van der Waals surface area contributed by atoms with Gasteiger partial charge in [-0.3, -0.25) is 9.69 Å². The maximum atomic E-state index is 12.6. The number of nitrogens with zero attached hydrogens (tertiary/aromatic N) is 5. The van der Waals surface area contributed by atoms with Crippen LogP contribution in [0.15, 0.2) is 43.0 Å². The Labute approximate surface area is 187 Å². The van der Waals surface area contributed by atoms with Crippen LogP contribution in [0, 0.1) is 0 Å². The Hall–Kier alpha value is -3.46. The summed E-state index contributed by atoms with van der Waals surface area (Å²) in [4.78, 5) is 23.9. The van der Waals surface area contributed by atoms with E-state index < -0.39 is 0 Å². The van der Waals surface area contributed by atoms with E-state index in [4.69, 9.17) is 0 Å². The van der Waals surface area contributed by atoms with Gasteiger partial charge in [-0.2, -0.15) is 5.10 Å². The van der Waals surface area contributed by atoms with Gasteiger partial charge in [-0.05, 0) is 62.7 Å². The molecule has 9 nitrogen and oxygen atoms in total. The van der Waals surface area contributed by atoms with Crippen LogP contribution in [-0.4, -0.2) is 63.1 Å². The standard InChI is InChI=1S/C23H30N8O/c1-4-30-11-5-6-19(30)13-26-23(32)17-7-9-18(10-8-17)29-21-22-27-15-28-31(22)20(14-25-21)16(2)12-24-3/h7-10,12,14-15,19,24H,4-6,11,13H2,1-3H3,(H,25,29)(H,26,32)/b16-12+. The Morgan fingerprint density at radius 2 is 2.06 bits per heavy atom. The molecule has 1 unspecified atom stereocenters. The maximum Gasteiger partial charge on any atom is 0.251 e. The van der Waals surface area contributed by atoms with Crippen molar-refractivity contribution in [3.05, 3.63) is 54.2 Å². The van der Waals surface area contributed by atoms with E-state index in [2.05, 4.69) is 42.8 Å². The lowest BCUT2D eigenvalue weighted by Gasteiger charge is -2.22. The highest BCUT2D eigenvalue weighted by Gasteiger charge is 2.23. The van der Waals surface area contributed by atoms with Gasteiger partial charge in [-0.1, -0.05) is 6.92 Å². The number of amides is 1. The Morgan fingerprint density at radius 1 is 1.25 bits per heavy atom. The van der Waals surface area contributed by atoms with Crippen molar-refractivity contribution in [2.24, 2.45) is 0 Å². The van der Waals surface area contributed by atoms with Crippen LogP contribution in [0.3, 0.4) is 0 Å². The molecule has 0 aliphatic carbocycles. The normalized spacial score (nSPS) is 17.0. The monoisotopic (exact) mass is 434 g/mol. The van der Waals surface area contributed by atoms with E-state index in [9.17, 15) is 4.79 Å². The minimum atomic E-state index is -0.0476. The van der Waals surface area contributed by atoms with Gasteiger partial charge in [-0.25, -0.2) is 14.5 Å². The topological polar surface area (TPSA) is 99.5 Å². The highest BCUT2D eigenvalue weighted by Crippen LogP contribution is 2.22. The predicted molar refractivity (Wildman–Crippen MR) is 126 cm³/mol. The van der Waals surface area contributed by atoms with Crippen molar-refractivity contribution in [3.63, 3.8) is 0 Å². The van der Waals surface area contributed by atoms with E-state index in [-0.39, 0.29) is 5.91 Å². The molecule has 1 aliphatic rings. The van der Waals surface area contributed by atoms with E-state index in [1.54, 1.807) is 10.7 Å². The van der Waals surface area contributed by atoms with Crippen LogP contribution in [0.5, 0.6) is 0 Å². The van der Waals surface area contributed by atoms with Gasteiger partial charge in [0.05, 0.1) is 11.9 Å². The zero-order valence-electron chi connectivity index (χ0n) is 18.8. The van der Waals surface area contributed by atoms with Crippen molar-refractivity contribution in [1.82, 2.24) is 35.1 Å². The highest BCUT2D eigenvalue weighted by atomic mass is 16.1. The molecule has 1 aliphatic heterocycles. The van der Waals surface area contributed by atoms with Gasteiger partial charge in [-0.15, -0.1) is 0 Å². The lowest BCUT2D eigenvalue weighted by Crippen LogP contribution is -2.40. The van der Waals surface area contributed by atoms with E-state index in [1.807, 2.05) is 44.4 Å². The summed E-state index contributed by atoms with van der Waals surface area (Å²) in [5.41, 5.74) is 3.94. The van der Waals surface area contributed by atoms with Gasteiger partial charge in [0.1, 0.15) is 6.33 Å². The summed E-state index contributed by atoms with van der Waals surface area (Å²) in [6, 6.07) is 7.82. The van der Waals surface area contributed by atoms with E-state index in [1.165, 1.54) is 12.7 Å². The molecule has 32 heavy (non-hydrogen) atoms. The average molecular weight is 435 g/mol. The molecular weight excluding hydrogens is 404 g/mol. The third-order valence-electron chi connectivity index (χ3n) is 5.88. The van der Waals surface area contributed by atoms with Crippen molar-refractivity contribution in [2.75, 3.05) is 32.0 Å². The number of carbonyl (C=O) groups excluding carboxylic acids is 1. The largest absolute Gasteiger partial charge is 0.394 e. The molecule has 0 spiro atoms. The van der Waals surface area contributed by atoms with Crippen molar-refractivity contribution < 1.29 is 4.79 Å². The molecule has 9 heteroatoms. The van der Waals surface area contributed by atoms with Gasteiger partial charge in [0.2, 0.25) is 0 Å². The summed E-state index contributed by atoms with van der Waals surface area (Å²) in [6.45, 7) is 6.99. The number of carbonyl (C=O) groups is 1. The Balaban J connectivity index is 1.43. The Morgan fingerprint density at radius 3 is 2.81 bits per heavy atom. The fraction of sp³-hybridized carbons (Fsp3) is 0.391. The minimum absolute atomic E-state index is 0.0476. The summed E-state index contributed by atoms with van der Waals surface area (Å²) >= 11 is 0. The van der Waals surface area contributed by atoms with Crippen LogP contribution in [0.2, 0.25) is 0 Å². The van der Waals surface area contributed by atoms with Crippen molar-refractivity contribution in [2.45, 2.75) is 32.7 Å². The third-order valence-corrected chi connectivity index (χ3v) is 5.88. The van der Waals surface area contributed by atoms with Crippen LogP contribution < -0.4 is 16.0 Å². The lowest BCUT2D eigenvalue weighted by atomic mass is 10.1. The van der Waals surface area contributed by atoms with E-state index in [0.717, 1.165) is 36.5 Å². The number of hydrogen-bond acceptors (Lipinski definition) is 7. The molecule has 168 valence electrons. The number of hydrogen-bond donors (Lipinski definition) is 3. The Bertz CT molecular complexity index is 1100.